The van der Waals surface area contributed by atoms with Crippen LogP contribution in [0.5, 0.6) is 0 Å². The van der Waals surface area contributed by atoms with Gasteiger partial charge in [-0.15, -0.1) is 0 Å². The first-order valence-corrected chi connectivity index (χ1v) is 13.6. The van der Waals surface area contributed by atoms with Crippen molar-refractivity contribution in [2.45, 2.75) is 68.6 Å². The normalized spacial score (nSPS) is 14.1. The molecule has 0 unspecified atom stereocenters. The number of nitrogens with one attached hydrogen (secondary N) is 2. The molecule has 1 aliphatic heterocycles. The van der Waals surface area contributed by atoms with Crippen molar-refractivity contribution in [1.29, 1.82) is 0 Å². The number of rotatable bonds is 2. The standard InChI is InChI=1S/C11H10N4.C10H17BN2O2.C7H5BrN2.4CH4/c1-15-7-10(6-14-15)9-4-8-2-3-12-11(8)13-5-9;1-9(2)10(3,4)15-11(14-9)8-6-12-13(5)7-8;8-6-3-5-1-2-9-7(5)10-4-6;;;;/h2-7H,1H3,(H,12,13);6-7H,1-5H3;1-4H,(H,9,10);4*1H4. The van der Waals surface area contributed by atoms with E-state index in [-0.39, 0.29) is 48.0 Å². The molecular weight excluding hydrogens is 619 g/mol. The van der Waals surface area contributed by atoms with Crippen LogP contribution in [0.2, 0.25) is 0 Å². The van der Waals surface area contributed by atoms with E-state index in [9.17, 15) is 0 Å². The fraction of sp³-hybridized carbons (Fsp3) is 0.375. The first kappa shape index (κ1) is 38.3. The van der Waals surface area contributed by atoms with Gasteiger partial charge in [-0.1, -0.05) is 29.7 Å². The third-order valence-electron chi connectivity index (χ3n) is 7.06. The molecule has 7 heterocycles. The van der Waals surface area contributed by atoms with Crippen LogP contribution in [0, 0.1) is 0 Å². The molecule has 0 atom stereocenters. The number of aromatic amines is 2. The average Bonchev–Trinajstić information content (AvgIpc) is 3.72. The van der Waals surface area contributed by atoms with E-state index in [4.69, 9.17) is 9.31 Å². The maximum Gasteiger partial charge on any atom is 0.498 e. The topological polar surface area (TPSA) is 111 Å². The minimum absolute atomic E-state index is 0. The van der Waals surface area contributed by atoms with Crippen LogP contribution >= 0.6 is 15.9 Å². The molecule has 6 aromatic heterocycles. The fourth-order valence-electron chi connectivity index (χ4n) is 4.12. The smallest absolute Gasteiger partial charge is 0.399 e. The Balaban J connectivity index is 0.000000322. The summed E-state index contributed by atoms with van der Waals surface area (Å²) < 4.78 is 16.3. The zero-order valence-corrected chi connectivity index (χ0v) is 25.0. The number of halogens is 1. The highest BCUT2D eigenvalue weighted by Crippen LogP contribution is 2.36. The van der Waals surface area contributed by atoms with Crippen LogP contribution in [0.25, 0.3) is 33.2 Å². The Labute approximate surface area is 270 Å². The number of hydrogen-bond acceptors (Lipinski definition) is 6. The molecule has 1 saturated heterocycles. The Morgan fingerprint density at radius 1 is 0.705 bits per heavy atom. The van der Waals surface area contributed by atoms with Gasteiger partial charge in [-0.05, 0) is 67.9 Å². The van der Waals surface area contributed by atoms with E-state index in [2.05, 4.69) is 52.1 Å². The van der Waals surface area contributed by atoms with Crippen molar-refractivity contribution in [1.82, 2.24) is 39.5 Å². The Hall–Kier alpha value is -3.74. The van der Waals surface area contributed by atoms with Crippen LogP contribution < -0.4 is 5.46 Å². The van der Waals surface area contributed by atoms with Crippen molar-refractivity contribution in [2.24, 2.45) is 14.1 Å². The molecule has 10 nitrogen and oxygen atoms in total. The van der Waals surface area contributed by atoms with Gasteiger partial charge in [0.05, 0.1) is 17.4 Å². The molecule has 0 saturated carbocycles. The summed E-state index contributed by atoms with van der Waals surface area (Å²) in [4.78, 5) is 14.6. The second-order valence-electron chi connectivity index (χ2n) is 10.6. The molecule has 0 spiro atoms. The summed E-state index contributed by atoms with van der Waals surface area (Å²) in [6.45, 7) is 8.18. The third-order valence-corrected chi connectivity index (χ3v) is 7.49. The Morgan fingerprint density at radius 2 is 1.23 bits per heavy atom. The van der Waals surface area contributed by atoms with E-state index in [1.807, 2.05) is 97.2 Å². The van der Waals surface area contributed by atoms with E-state index >= 15 is 0 Å². The molecule has 12 heteroatoms. The van der Waals surface area contributed by atoms with Crippen molar-refractivity contribution in [3.8, 4) is 11.1 Å². The summed E-state index contributed by atoms with van der Waals surface area (Å²) in [5, 5.41) is 10.5. The Kier molecular flexibility index (Phi) is 13.3. The van der Waals surface area contributed by atoms with Crippen molar-refractivity contribution in [3.05, 3.63) is 78.3 Å². The first-order valence-electron chi connectivity index (χ1n) is 12.9. The van der Waals surface area contributed by atoms with Gasteiger partial charge in [0, 0.05) is 89.3 Å². The molecule has 0 aliphatic carbocycles. The fourth-order valence-corrected chi connectivity index (χ4v) is 4.47. The molecule has 0 aromatic carbocycles. The van der Waals surface area contributed by atoms with Crippen LogP contribution in [0.3, 0.4) is 0 Å². The van der Waals surface area contributed by atoms with Gasteiger partial charge in [-0.2, -0.15) is 10.2 Å². The van der Waals surface area contributed by atoms with Gasteiger partial charge in [0.15, 0.2) is 0 Å². The predicted molar refractivity (Wildman–Crippen MR) is 188 cm³/mol. The molecule has 2 N–H and O–H groups in total. The first-order chi connectivity index (χ1) is 19.0. The zero-order chi connectivity index (χ0) is 28.5. The summed E-state index contributed by atoms with van der Waals surface area (Å²) >= 11 is 3.34. The Bertz CT molecular complexity index is 1720. The molecule has 1 fully saturated rings. The largest absolute Gasteiger partial charge is 0.498 e. The Morgan fingerprint density at radius 3 is 1.75 bits per heavy atom. The zero-order valence-electron chi connectivity index (χ0n) is 23.4. The van der Waals surface area contributed by atoms with E-state index in [1.165, 1.54) is 0 Å². The number of fused-ring (bicyclic) bond motifs is 2. The molecule has 7 rings (SSSR count). The molecular formula is C32H48BBrN8O2. The minimum atomic E-state index is -0.302. The summed E-state index contributed by atoms with van der Waals surface area (Å²) in [6, 6.07) is 8.14. The van der Waals surface area contributed by atoms with Crippen molar-refractivity contribution in [2.75, 3.05) is 0 Å². The van der Waals surface area contributed by atoms with E-state index in [0.29, 0.717) is 0 Å². The van der Waals surface area contributed by atoms with E-state index in [1.54, 1.807) is 21.8 Å². The highest BCUT2D eigenvalue weighted by atomic mass is 79.9. The number of H-pyrrole nitrogens is 2. The lowest BCUT2D eigenvalue weighted by Crippen LogP contribution is -2.41. The summed E-state index contributed by atoms with van der Waals surface area (Å²) in [5.74, 6) is 0. The van der Waals surface area contributed by atoms with E-state index < -0.39 is 0 Å². The quantitative estimate of drug-likeness (QED) is 0.185. The maximum atomic E-state index is 5.89. The lowest BCUT2D eigenvalue weighted by atomic mass is 9.82. The molecule has 0 bridgehead atoms. The molecule has 44 heavy (non-hydrogen) atoms. The molecule has 0 amide bonds. The van der Waals surface area contributed by atoms with Gasteiger partial charge < -0.3 is 19.3 Å². The van der Waals surface area contributed by atoms with Crippen molar-refractivity contribution in [3.63, 3.8) is 0 Å². The molecule has 1 aliphatic rings. The van der Waals surface area contributed by atoms with Crippen molar-refractivity contribution >= 4 is 50.6 Å². The lowest BCUT2D eigenvalue weighted by molar-refractivity contribution is 0.00578. The SMILES string of the molecule is Brc1cnc2[nH]ccc2c1.C.C.C.C.Cn1cc(-c2cnc3[nH]ccc3c2)cn1.Cn1cc(B2OC(C)(C)C(C)(C)O2)cn1. The van der Waals surface area contributed by atoms with Gasteiger partial charge in [-0.25, -0.2) is 9.97 Å². The highest BCUT2D eigenvalue weighted by Gasteiger charge is 2.52. The maximum absolute atomic E-state index is 5.89. The lowest BCUT2D eigenvalue weighted by Gasteiger charge is -2.32. The summed E-state index contributed by atoms with van der Waals surface area (Å²) in [5.41, 5.74) is 4.44. The number of aryl methyl sites for hydroxylation is 2. The predicted octanol–water partition coefficient (Wildman–Crippen LogP) is 7.55. The van der Waals surface area contributed by atoms with Crippen LogP contribution in [-0.2, 0) is 23.4 Å². The van der Waals surface area contributed by atoms with Crippen LogP contribution in [0.1, 0.15) is 57.4 Å². The van der Waals surface area contributed by atoms with Gasteiger partial charge in [0.25, 0.3) is 0 Å². The second kappa shape index (κ2) is 15.3. The minimum Gasteiger partial charge on any atom is -0.399 e. The number of nitrogens with zero attached hydrogens (tertiary/aromatic N) is 6. The second-order valence-corrected chi connectivity index (χ2v) is 11.6. The molecule has 238 valence electrons. The van der Waals surface area contributed by atoms with Crippen molar-refractivity contribution < 1.29 is 9.31 Å². The van der Waals surface area contributed by atoms with Crippen LogP contribution in [-0.4, -0.2) is 57.8 Å². The monoisotopic (exact) mass is 666 g/mol. The average molecular weight is 668 g/mol. The van der Waals surface area contributed by atoms with Gasteiger partial charge >= 0.3 is 7.12 Å². The highest BCUT2D eigenvalue weighted by molar-refractivity contribution is 9.10. The number of pyridine rings is 2. The summed E-state index contributed by atoms with van der Waals surface area (Å²) in [7, 11) is 3.49. The van der Waals surface area contributed by atoms with Crippen LogP contribution in [0.4, 0.5) is 0 Å². The number of aromatic nitrogens is 8. The molecule has 0 radical (unpaired) electrons. The third kappa shape index (κ3) is 8.46. The molecule has 6 aromatic rings. The number of hydrogen-bond donors (Lipinski definition) is 2. The summed E-state index contributed by atoms with van der Waals surface area (Å²) in [6.07, 6.45) is 14.9. The van der Waals surface area contributed by atoms with Gasteiger partial charge in [0.1, 0.15) is 11.3 Å². The van der Waals surface area contributed by atoms with Crippen LogP contribution in [0.15, 0.2) is 78.3 Å². The van der Waals surface area contributed by atoms with Gasteiger partial charge in [-0.3, -0.25) is 9.36 Å². The van der Waals surface area contributed by atoms with E-state index in [0.717, 1.165) is 43.1 Å². The van der Waals surface area contributed by atoms with Gasteiger partial charge in [0.2, 0.25) is 0 Å².